The van der Waals surface area contributed by atoms with Crippen molar-refractivity contribution in [1.82, 2.24) is 19.9 Å². The highest BCUT2D eigenvalue weighted by Gasteiger charge is 2.38. The Balaban J connectivity index is 1.92. The third-order valence-corrected chi connectivity index (χ3v) is 5.10. The summed E-state index contributed by atoms with van der Waals surface area (Å²) in [7, 11) is 0. The molecule has 4 aromatic rings. The highest BCUT2D eigenvalue weighted by molar-refractivity contribution is 5.70. The van der Waals surface area contributed by atoms with Crippen molar-refractivity contribution >= 4 is 23.3 Å². The molecule has 0 amide bonds. The number of aromatic nitrogens is 4. The SMILES string of the molecule is FC(F)(F)C1=c2ccc([nH]2)=C(C(F)(F)F)c2ccc([nH]2)C=c2ccc([nH]2)=Cc2ccc1[nH]2. The molecule has 0 aliphatic carbocycles. The second-order valence-corrected chi connectivity index (χ2v) is 7.34. The molecule has 32 heavy (non-hydrogen) atoms. The number of fused-ring (bicyclic) bond motifs is 8. The molecule has 0 spiro atoms. The lowest BCUT2D eigenvalue weighted by Crippen LogP contribution is -2.27. The first-order chi connectivity index (χ1) is 15.1. The highest BCUT2D eigenvalue weighted by atomic mass is 19.4. The van der Waals surface area contributed by atoms with E-state index in [-0.39, 0.29) is 11.4 Å². The lowest BCUT2D eigenvalue weighted by Gasteiger charge is -2.10. The summed E-state index contributed by atoms with van der Waals surface area (Å²) in [4.78, 5) is 10.8. The molecule has 164 valence electrons. The third kappa shape index (κ3) is 3.57. The molecule has 1 aliphatic rings. The van der Waals surface area contributed by atoms with Gasteiger partial charge in [0.1, 0.15) is 11.1 Å². The van der Waals surface area contributed by atoms with Crippen LogP contribution in [0.4, 0.5) is 26.3 Å². The number of halogens is 6. The van der Waals surface area contributed by atoms with Crippen LogP contribution >= 0.6 is 0 Å². The predicted molar refractivity (Wildman–Crippen MR) is 106 cm³/mol. The zero-order valence-electron chi connectivity index (χ0n) is 16.0. The van der Waals surface area contributed by atoms with Crippen molar-refractivity contribution in [2.24, 2.45) is 0 Å². The fraction of sp³-hybridized carbons (Fsp3) is 0.0909. The van der Waals surface area contributed by atoms with Crippen molar-refractivity contribution < 1.29 is 26.3 Å². The van der Waals surface area contributed by atoms with E-state index >= 15 is 0 Å². The van der Waals surface area contributed by atoms with Crippen LogP contribution < -0.4 is 21.4 Å². The van der Waals surface area contributed by atoms with Crippen LogP contribution in [0.5, 0.6) is 0 Å². The van der Waals surface area contributed by atoms with Gasteiger partial charge in [-0.3, -0.25) is 0 Å². The first kappa shape index (κ1) is 20.1. The molecule has 0 saturated heterocycles. The molecular formula is C22H14F6N4. The van der Waals surface area contributed by atoms with Gasteiger partial charge in [0.15, 0.2) is 0 Å². The summed E-state index contributed by atoms with van der Waals surface area (Å²) in [6, 6.07) is 10.9. The molecule has 1 aliphatic heterocycles. The highest BCUT2D eigenvalue weighted by Crippen LogP contribution is 2.32. The molecule has 5 rings (SSSR count). The number of hydrogen-bond acceptors (Lipinski definition) is 0. The first-order valence-electron chi connectivity index (χ1n) is 9.43. The topological polar surface area (TPSA) is 63.2 Å². The fourth-order valence-electron chi connectivity index (χ4n) is 3.80. The molecule has 4 aromatic heterocycles. The van der Waals surface area contributed by atoms with Gasteiger partial charge in [0, 0.05) is 22.1 Å². The molecule has 8 bridgehead atoms. The van der Waals surface area contributed by atoms with Crippen molar-refractivity contribution in [1.29, 1.82) is 0 Å². The second kappa shape index (κ2) is 6.84. The first-order valence-corrected chi connectivity index (χ1v) is 9.43. The minimum atomic E-state index is -4.82. The Hall–Kier alpha value is -3.82. The fourth-order valence-corrected chi connectivity index (χ4v) is 3.80. The van der Waals surface area contributed by atoms with Gasteiger partial charge in [-0.1, -0.05) is 0 Å². The van der Waals surface area contributed by atoms with Crippen LogP contribution in [0.1, 0.15) is 22.8 Å². The summed E-state index contributed by atoms with van der Waals surface area (Å²) in [6.45, 7) is 0. The van der Waals surface area contributed by atoms with E-state index in [1.807, 2.05) is 0 Å². The smallest absolute Gasteiger partial charge is 0.355 e. The monoisotopic (exact) mass is 448 g/mol. The van der Waals surface area contributed by atoms with E-state index in [2.05, 4.69) is 19.9 Å². The van der Waals surface area contributed by atoms with E-state index in [0.29, 0.717) is 22.1 Å². The number of rotatable bonds is 0. The lowest BCUT2D eigenvalue weighted by atomic mass is 10.1. The van der Waals surface area contributed by atoms with E-state index < -0.39 is 34.2 Å². The van der Waals surface area contributed by atoms with Crippen LogP contribution in [-0.4, -0.2) is 32.3 Å². The van der Waals surface area contributed by atoms with Gasteiger partial charge in [-0.2, -0.15) is 26.3 Å². The van der Waals surface area contributed by atoms with E-state index in [4.69, 9.17) is 0 Å². The summed E-state index contributed by atoms with van der Waals surface area (Å²) in [5, 5.41) is 0.272. The summed E-state index contributed by atoms with van der Waals surface area (Å²) in [5.41, 5.74) is -1.91. The molecule has 0 fully saturated rings. The molecule has 4 nitrogen and oxygen atoms in total. The number of H-pyrrole nitrogens is 4. The normalized spacial score (nSPS) is 14.3. The minimum absolute atomic E-state index is 0.265. The summed E-state index contributed by atoms with van der Waals surface area (Å²) < 4.78 is 83.5. The van der Waals surface area contributed by atoms with Crippen LogP contribution in [0.15, 0.2) is 48.5 Å². The average molecular weight is 448 g/mol. The van der Waals surface area contributed by atoms with E-state index in [1.165, 1.54) is 24.3 Å². The Kier molecular flexibility index (Phi) is 4.30. The average Bonchev–Trinajstić information content (AvgIpc) is 3.44. The molecule has 10 heteroatoms. The van der Waals surface area contributed by atoms with E-state index in [9.17, 15) is 26.3 Å². The van der Waals surface area contributed by atoms with Crippen LogP contribution in [0.25, 0.3) is 23.3 Å². The maximum atomic E-state index is 13.9. The molecule has 4 N–H and O–H groups in total. The Morgan fingerprint density at radius 3 is 1.31 bits per heavy atom. The molecule has 0 saturated carbocycles. The largest absolute Gasteiger partial charge is 0.420 e. The van der Waals surface area contributed by atoms with Crippen LogP contribution in [-0.2, 0) is 0 Å². The van der Waals surface area contributed by atoms with Gasteiger partial charge in [0.05, 0.1) is 22.1 Å². The minimum Gasteiger partial charge on any atom is -0.355 e. The van der Waals surface area contributed by atoms with E-state index in [0.717, 1.165) is 12.1 Å². The Bertz CT molecular complexity index is 1440. The van der Waals surface area contributed by atoms with Crippen molar-refractivity contribution in [2.75, 3.05) is 0 Å². The van der Waals surface area contributed by atoms with Crippen LogP contribution in [0.2, 0.25) is 0 Å². The molecule has 0 unspecified atom stereocenters. The van der Waals surface area contributed by atoms with Gasteiger partial charge in [-0.25, -0.2) is 0 Å². The maximum absolute atomic E-state index is 13.9. The Morgan fingerprint density at radius 2 is 0.906 bits per heavy atom. The summed E-state index contributed by atoms with van der Waals surface area (Å²) >= 11 is 0. The summed E-state index contributed by atoms with van der Waals surface area (Å²) in [6.07, 6.45) is -6.36. The van der Waals surface area contributed by atoms with Gasteiger partial charge < -0.3 is 19.9 Å². The van der Waals surface area contributed by atoms with Crippen molar-refractivity contribution in [3.05, 3.63) is 92.7 Å². The van der Waals surface area contributed by atoms with Gasteiger partial charge in [0.25, 0.3) is 0 Å². The van der Waals surface area contributed by atoms with E-state index in [1.54, 1.807) is 24.3 Å². The lowest BCUT2D eigenvalue weighted by molar-refractivity contribution is -0.0703. The summed E-state index contributed by atoms with van der Waals surface area (Å²) in [5.74, 6) is 0. The zero-order chi connectivity index (χ0) is 22.7. The quantitative estimate of drug-likeness (QED) is 0.299. The van der Waals surface area contributed by atoms with Crippen LogP contribution in [0, 0.1) is 0 Å². The maximum Gasteiger partial charge on any atom is 0.420 e. The third-order valence-electron chi connectivity index (χ3n) is 5.10. The number of aromatic amines is 4. The second-order valence-electron chi connectivity index (χ2n) is 7.34. The van der Waals surface area contributed by atoms with Gasteiger partial charge in [0.2, 0.25) is 0 Å². The Labute approximate surface area is 175 Å². The standard InChI is InChI=1S/C22H14F6N4/c23-21(24,25)19-15-5-3-13(30-15)9-11-1-2-12(29-11)10-14-4-6-16(31-14)20(22(26,27)28)18-8-7-17(19)32-18/h1-10,29-32H. The molecule has 0 atom stereocenters. The van der Waals surface area contributed by atoms with Crippen molar-refractivity contribution in [2.45, 2.75) is 12.4 Å². The predicted octanol–water partition coefficient (Wildman–Crippen LogP) is 2.49. The van der Waals surface area contributed by atoms with Gasteiger partial charge in [-0.05, 0) is 60.7 Å². The van der Waals surface area contributed by atoms with Gasteiger partial charge >= 0.3 is 12.4 Å². The molecule has 5 heterocycles. The van der Waals surface area contributed by atoms with Crippen molar-refractivity contribution in [3.8, 4) is 0 Å². The number of alkyl halides is 6. The number of nitrogens with one attached hydrogen (secondary N) is 4. The molecule has 0 radical (unpaired) electrons. The zero-order valence-corrected chi connectivity index (χ0v) is 16.0. The Morgan fingerprint density at radius 1 is 0.469 bits per heavy atom. The number of hydrogen-bond donors (Lipinski definition) is 4. The van der Waals surface area contributed by atoms with Crippen LogP contribution in [0.3, 0.4) is 0 Å². The molecular weight excluding hydrogens is 434 g/mol. The van der Waals surface area contributed by atoms with Crippen molar-refractivity contribution in [3.63, 3.8) is 0 Å². The molecule has 0 aromatic carbocycles. The van der Waals surface area contributed by atoms with Gasteiger partial charge in [-0.15, -0.1) is 0 Å².